The molecule has 0 aliphatic carbocycles. The Balaban J connectivity index is 2.16. The minimum absolute atomic E-state index is 0.277. The number of benzene rings is 2. The van der Waals surface area contributed by atoms with Crippen molar-refractivity contribution in [2.45, 2.75) is 13.5 Å². The molecule has 0 unspecified atom stereocenters. The van der Waals surface area contributed by atoms with Gasteiger partial charge in [-0.15, -0.1) is 0 Å². The van der Waals surface area contributed by atoms with Crippen LogP contribution in [-0.2, 0) is 6.54 Å². The van der Waals surface area contributed by atoms with Gasteiger partial charge in [0.25, 0.3) is 0 Å². The van der Waals surface area contributed by atoms with Crippen LogP contribution in [0.2, 0.25) is 0 Å². The zero-order valence-corrected chi connectivity index (χ0v) is 13.3. The smallest absolute Gasteiger partial charge is 0.137 e. The van der Waals surface area contributed by atoms with Gasteiger partial charge in [0.15, 0.2) is 0 Å². The lowest BCUT2D eigenvalue weighted by molar-refractivity contribution is 0.611. The molecule has 0 saturated heterocycles. The first kappa shape index (κ1) is 14.5. The molecule has 0 aliphatic rings. The molecule has 0 bridgehead atoms. The van der Waals surface area contributed by atoms with E-state index in [4.69, 9.17) is 0 Å². The van der Waals surface area contributed by atoms with Crippen molar-refractivity contribution < 1.29 is 8.78 Å². The van der Waals surface area contributed by atoms with Crippen molar-refractivity contribution in [3.05, 3.63) is 62.0 Å². The van der Waals surface area contributed by atoms with Crippen molar-refractivity contribution in [3.8, 4) is 0 Å². The van der Waals surface area contributed by atoms with Crippen molar-refractivity contribution >= 4 is 37.5 Å². The van der Waals surface area contributed by atoms with Crippen molar-refractivity contribution in [2.24, 2.45) is 0 Å². The lowest BCUT2D eigenvalue weighted by Crippen LogP contribution is -2.03. The van der Waals surface area contributed by atoms with Gasteiger partial charge in [-0.2, -0.15) is 0 Å². The fourth-order valence-electron chi connectivity index (χ4n) is 1.69. The number of halogens is 4. The van der Waals surface area contributed by atoms with Crippen molar-refractivity contribution in [1.29, 1.82) is 0 Å². The van der Waals surface area contributed by atoms with Crippen molar-refractivity contribution in [2.75, 3.05) is 5.32 Å². The molecule has 0 amide bonds. The molecule has 0 fully saturated rings. The first-order chi connectivity index (χ1) is 8.97. The van der Waals surface area contributed by atoms with Crippen LogP contribution in [0, 0.1) is 18.6 Å². The summed E-state index contributed by atoms with van der Waals surface area (Å²) in [5, 5.41) is 3.11. The van der Waals surface area contributed by atoms with E-state index in [9.17, 15) is 8.78 Å². The fourth-order valence-corrected chi connectivity index (χ4v) is 2.37. The number of hydrogen-bond donors (Lipinski definition) is 1. The molecule has 2 rings (SSSR count). The van der Waals surface area contributed by atoms with Gasteiger partial charge in [0, 0.05) is 22.3 Å². The molecule has 0 saturated carbocycles. The van der Waals surface area contributed by atoms with E-state index in [0.29, 0.717) is 21.1 Å². The van der Waals surface area contributed by atoms with E-state index in [0.717, 1.165) is 11.3 Å². The largest absolute Gasteiger partial charge is 0.381 e. The van der Waals surface area contributed by atoms with E-state index in [1.54, 1.807) is 25.1 Å². The maximum absolute atomic E-state index is 13.7. The highest BCUT2D eigenvalue weighted by Crippen LogP contribution is 2.25. The van der Waals surface area contributed by atoms with Crippen LogP contribution >= 0.6 is 31.9 Å². The van der Waals surface area contributed by atoms with Gasteiger partial charge in [-0.3, -0.25) is 0 Å². The fraction of sp³-hybridized carbons (Fsp3) is 0.143. The van der Waals surface area contributed by atoms with Crippen LogP contribution in [0.3, 0.4) is 0 Å². The summed E-state index contributed by atoms with van der Waals surface area (Å²) in [7, 11) is 0. The number of hydrogen-bond acceptors (Lipinski definition) is 1. The topological polar surface area (TPSA) is 12.0 Å². The minimum Gasteiger partial charge on any atom is -0.381 e. The monoisotopic (exact) mass is 389 g/mol. The van der Waals surface area contributed by atoms with Crippen LogP contribution in [0.15, 0.2) is 39.3 Å². The van der Waals surface area contributed by atoms with E-state index >= 15 is 0 Å². The second-order valence-corrected chi connectivity index (χ2v) is 5.94. The molecule has 2 aromatic rings. The molecular weight excluding hydrogens is 380 g/mol. The average molecular weight is 391 g/mol. The summed E-state index contributed by atoms with van der Waals surface area (Å²) >= 11 is 6.35. The minimum atomic E-state index is -0.308. The zero-order chi connectivity index (χ0) is 14.0. The van der Waals surface area contributed by atoms with Gasteiger partial charge in [0.2, 0.25) is 0 Å². The molecule has 0 radical (unpaired) electrons. The number of anilines is 1. The van der Waals surface area contributed by atoms with Crippen LogP contribution < -0.4 is 5.32 Å². The molecule has 5 heteroatoms. The van der Waals surface area contributed by atoms with Crippen LogP contribution in [0.25, 0.3) is 0 Å². The lowest BCUT2D eigenvalue weighted by atomic mass is 10.1. The maximum atomic E-state index is 13.7. The Hall–Kier alpha value is -0.940. The van der Waals surface area contributed by atoms with Crippen LogP contribution in [-0.4, -0.2) is 0 Å². The van der Waals surface area contributed by atoms with Gasteiger partial charge in [0.05, 0.1) is 4.47 Å². The van der Waals surface area contributed by atoms with Gasteiger partial charge in [-0.1, -0.05) is 22.0 Å². The highest BCUT2D eigenvalue weighted by Gasteiger charge is 2.07. The Morgan fingerprint density at radius 3 is 2.47 bits per heavy atom. The third-order valence-electron chi connectivity index (χ3n) is 2.75. The van der Waals surface area contributed by atoms with Crippen molar-refractivity contribution in [3.63, 3.8) is 0 Å². The van der Waals surface area contributed by atoms with Crippen LogP contribution in [0.4, 0.5) is 14.5 Å². The molecule has 2 aromatic carbocycles. The summed E-state index contributed by atoms with van der Waals surface area (Å²) in [6.07, 6.45) is 0. The summed E-state index contributed by atoms with van der Waals surface area (Å²) in [5.74, 6) is -0.585. The third-order valence-corrected chi connectivity index (χ3v) is 3.85. The Morgan fingerprint density at radius 2 is 1.79 bits per heavy atom. The first-order valence-electron chi connectivity index (χ1n) is 5.61. The molecule has 1 N–H and O–H groups in total. The average Bonchev–Trinajstić information content (AvgIpc) is 2.34. The molecule has 1 nitrogen and oxygen atoms in total. The van der Waals surface area contributed by atoms with E-state index in [1.165, 1.54) is 12.1 Å². The number of aryl methyl sites for hydroxylation is 1. The van der Waals surface area contributed by atoms with E-state index in [-0.39, 0.29) is 11.6 Å². The highest BCUT2D eigenvalue weighted by atomic mass is 79.9. The summed E-state index contributed by atoms with van der Waals surface area (Å²) in [5.41, 5.74) is 2.11. The van der Waals surface area contributed by atoms with Crippen molar-refractivity contribution in [1.82, 2.24) is 0 Å². The summed E-state index contributed by atoms with van der Waals surface area (Å²) in [4.78, 5) is 0. The first-order valence-corrected chi connectivity index (χ1v) is 7.19. The molecule has 0 atom stereocenters. The Labute approximate surface area is 127 Å². The summed E-state index contributed by atoms with van der Waals surface area (Å²) in [6, 6.07) is 8.00. The zero-order valence-electron chi connectivity index (χ0n) is 10.1. The normalized spacial score (nSPS) is 10.6. The van der Waals surface area contributed by atoms with E-state index < -0.39 is 0 Å². The predicted molar refractivity (Wildman–Crippen MR) is 80.3 cm³/mol. The Bertz CT molecular complexity index is 615. The third kappa shape index (κ3) is 3.54. The highest BCUT2D eigenvalue weighted by molar-refractivity contribution is 9.10. The van der Waals surface area contributed by atoms with Crippen LogP contribution in [0.1, 0.15) is 11.1 Å². The molecule has 0 aromatic heterocycles. The molecule has 0 aliphatic heterocycles. The maximum Gasteiger partial charge on any atom is 0.137 e. The Morgan fingerprint density at radius 1 is 1.05 bits per heavy atom. The standard InChI is InChI=1S/C14H11Br2F2N/c1-8-4-13(18)11(16)6-14(8)19-7-9-2-3-10(15)5-12(9)17/h2-6,19H,7H2,1H3. The number of nitrogens with one attached hydrogen (secondary N) is 1. The SMILES string of the molecule is Cc1cc(F)c(Br)cc1NCc1ccc(Br)cc1F. The van der Waals surface area contributed by atoms with Gasteiger partial charge >= 0.3 is 0 Å². The van der Waals surface area contributed by atoms with Gasteiger partial charge in [-0.25, -0.2) is 8.78 Å². The second-order valence-electron chi connectivity index (χ2n) is 4.17. The molecule has 100 valence electrons. The van der Waals surface area contributed by atoms with Gasteiger partial charge in [-0.05, 0) is 52.7 Å². The predicted octanol–water partition coefficient (Wildman–Crippen LogP) is 5.41. The quantitative estimate of drug-likeness (QED) is 0.738. The van der Waals surface area contributed by atoms with E-state index in [1.807, 2.05) is 0 Å². The Kier molecular flexibility index (Phi) is 4.58. The second kappa shape index (κ2) is 6.01. The summed E-state index contributed by atoms with van der Waals surface area (Å²) in [6.45, 7) is 2.15. The van der Waals surface area contributed by atoms with Crippen LogP contribution in [0.5, 0.6) is 0 Å². The molecular formula is C14H11Br2F2N. The molecule has 0 spiro atoms. The lowest BCUT2D eigenvalue weighted by Gasteiger charge is -2.11. The summed E-state index contributed by atoms with van der Waals surface area (Å²) < 4.78 is 28.0. The van der Waals surface area contributed by atoms with E-state index in [2.05, 4.69) is 37.2 Å². The van der Waals surface area contributed by atoms with Gasteiger partial charge in [0.1, 0.15) is 11.6 Å². The van der Waals surface area contributed by atoms with Gasteiger partial charge < -0.3 is 5.32 Å². The molecule has 0 heterocycles. The molecule has 19 heavy (non-hydrogen) atoms. The number of rotatable bonds is 3.